The summed E-state index contributed by atoms with van der Waals surface area (Å²) in [5.41, 5.74) is 0. The highest BCUT2D eigenvalue weighted by molar-refractivity contribution is 7.89. The number of benzene rings is 1. The van der Waals surface area contributed by atoms with Crippen LogP contribution in [0.5, 0.6) is 0 Å². The third-order valence-electron chi connectivity index (χ3n) is 2.31. The van der Waals surface area contributed by atoms with Gasteiger partial charge in [0.15, 0.2) is 0 Å². The van der Waals surface area contributed by atoms with E-state index in [0.717, 1.165) is 0 Å². The number of hydrogen-bond acceptors (Lipinski definition) is 4. The Hall–Kier alpha value is -0.950. The third kappa shape index (κ3) is 2.79. The van der Waals surface area contributed by atoms with E-state index in [-0.39, 0.29) is 4.90 Å². The molecular formula is C10H14N2O3S. The molecule has 88 valence electrons. The van der Waals surface area contributed by atoms with Crippen LogP contribution >= 0.6 is 0 Å². The molecule has 1 fully saturated rings. The fourth-order valence-corrected chi connectivity index (χ4v) is 2.62. The number of ether oxygens (including phenoxy) is 1. The lowest BCUT2D eigenvalue weighted by Gasteiger charge is -2.26. The van der Waals surface area contributed by atoms with Crippen molar-refractivity contribution in [3.63, 3.8) is 0 Å². The Morgan fingerprint density at radius 3 is 2.38 bits per heavy atom. The first kappa shape index (κ1) is 11.5. The molecule has 0 amide bonds. The van der Waals surface area contributed by atoms with Gasteiger partial charge in [-0.3, -0.25) is 0 Å². The van der Waals surface area contributed by atoms with Gasteiger partial charge in [0, 0.05) is 13.1 Å². The zero-order valence-corrected chi connectivity index (χ0v) is 9.61. The summed E-state index contributed by atoms with van der Waals surface area (Å²) in [7, 11) is -3.44. The molecule has 2 rings (SSSR count). The normalized spacial score (nSPS) is 18.5. The summed E-state index contributed by atoms with van der Waals surface area (Å²) in [5.74, 6) is 0. The topological polar surface area (TPSA) is 58.6 Å². The summed E-state index contributed by atoms with van der Waals surface area (Å²) in [6.45, 7) is 2.26. The van der Waals surface area contributed by atoms with Gasteiger partial charge in [-0.15, -0.1) is 4.83 Å². The van der Waals surface area contributed by atoms with E-state index in [1.807, 2.05) is 0 Å². The molecule has 0 aliphatic carbocycles. The van der Waals surface area contributed by atoms with E-state index >= 15 is 0 Å². The average molecular weight is 242 g/mol. The molecule has 0 unspecified atom stereocenters. The molecule has 0 spiro atoms. The number of hydrazine groups is 1. The Bertz CT molecular complexity index is 427. The minimum Gasteiger partial charge on any atom is -0.379 e. The van der Waals surface area contributed by atoms with Crippen molar-refractivity contribution in [3.8, 4) is 0 Å². The van der Waals surface area contributed by atoms with Crippen molar-refractivity contribution in [2.24, 2.45) is 0 Å². The molecule has 0 bridgehead atoms. The predicted octanol–water partition coefficient (Wildman–Crippen LogP) is 0.212. The van der Waals surface area contributed by atoms with E-state index in [9.17, 15) is 8.42 Å². The van der Waals surface area contributed by atoms with Crippen molar-refractivity contribution in [1.82, 2.24) is 9.84 Å². The first-order valence-corrected chi connectivity index (χ1v) is 6.57. The number of nitrogens with one attached hydrogen (secondary N) is 1. The molecule has 0 radical (unpaired) electrons. The Balaban J connectivity index is 2.08. The molecule has 5 nitrogen and oxygen atoms in total. The summed E-state index contributed by atoms with van der Waals surface area (Å²) >= 11 is 0. The van der Waals surface area contributed by atoms with Crippen LogP contribution in [0.1, 0.15) is 0 Å². The van der Waals surface area contributed by atoms with Gasteiger partial charge >= 0.3 is 0 Å². The molecule has 1 saturated heterocycles. The van der Waals surface area contributed by atoms with Crippen LogP contribution in [0.15, 0.2) is 35.2 Å². The fraction of sp³-hybridized carbons (Fsp3) is 0.400. The second kappa shape index (κ2) is 4.92. The SMILES string of the molecule is O=S(=O)(NN1CCOCC1)c1ccccc1. The Kier molecular flexibility index (Phi) is 3.55. The van der Waals surface area contributed by atoms with E-state index in [1.54, 1.807) is 35.3 Å². The van der Waals surface area contributed by atoms with Gasteiger partial charge in [0.25, 0.3) is 10.0 Å². The fourth-order valence-electron chi connectivity index (χ4n) is 1.48. The monoisotopic (exact) mass is 242 g/mol. The summed E-state index contributed by atoms with van der Waals surface area (Å²) in [4.78, 5) is 2.82. The minimum atomic E-state index is -3.44. The molecular weight excluding hydrogens is 228 g/mol. The number of morpholine rings is 1. The number of hydrogen-bond donors (Lipinski definition) is 1. The molecule has 1 heterocycles. The van der Waals surface area contributed by atoms with Gasteiger partial charge < -0.3 is 4.74 Å². The first-order chi connectivity index (χ1) is 7.68. The van der Waals surface area contributed by atoms with Crippen LogP contribution in [0.25, 0.3) is 0 Å². The van der Waals surface area contributed by atoms with Crippen molar-refractivity contribution in [3.05, 3.63) is 30.3 Å². The predicted molar refractivity (Wildman–Crippen MR) is 59.2 cm³/mol. The molecule has 0 aromatic heterocycles. The molecule has 1 aromatic carbocycles. The second-order valence-corrected chi connectivity index (χ2v) is 5.17. The molecule has 1 aromatic rings. The van der Waals surface area contributed by atoms with E-state index in [2.05, 4.69) is 4.83 Å². The summed E-state index contributed by atoms with van der Waals surface area (Å²) in [6, 6.07) is 8.33. The van der Waals surface area contributed by atoms with E-state index in [0.29, 0.717) is 26.3 Å². The third-order valence-corrected chi connectivity index (χ3v) is 3.71. The van der Waals surface area contributed by atoms with Crippen LogP contribution in [0.3, 0.4) is 0 Å². The molecule has 1 aliphatic rings. The molecule has 1 N–H and O–H groups in total. The molecule has 0 saturated carbocycles. The van der Waals surface area contributed by atoms with Gasteiger partial charge in [-0.2, -0.15) is 0 Å². The zero-order valence-electron chi connectivity index (χ0n) is 8.80. The van der Waals surface area contributed by atoms with Gasteiger partial charge in [0.2, 0.25) is 0 Å². The Morgan fingerprint density at radius 2 is 1.75 bits per heavy atom. The smallest absolute Gasteiger partial charge is 0.253 e. The summed E-state index contributed by atoms with van der Waals surface area (Å²) < 4.78 is 29.0. The van der Waals surface area contributed by atoms with Gasteiger partial charge in [-0.25, -0.2) is 13.4 Å². The van der Waals surface area contributed by atoms with Gasteiger partial charge in [0.1, 0.15) is 0 Å². The van der Waals surface area contributed by atoms with Crippen LogP contribution in [0.2, 0.25) is 0 Å². The Labute approximate surface area is 95.0 Å². The van der Waals surface area contributed by atoms with Crippen molar-refractivity contribution >= 4 is 10.0 Å². The lowest BCUT2D eigenvalue weighted by molar-refractivity contribution is 0.0272. The highest BCUT2D eigenvalue weighted by Gasteiger charge is 2.19. The van der Waals surface area contributed by atoms with Crippen molar-refractivity contribution in [2.75, 3.05) is 26.3 Å². The standard InChI is InChI=1S/C10H14N2O3S/c13-16(14,10-4-2-1-3-5-10)11-12-6-8-15-9-7-12/h1-5,11H,6-9H2. The quantitative estimate of drug-likeness (QED) is 0.823. The lowest BCUT2D eigenvalue weighted by Crippen LogP contribution is -2.48. The molecule has 6 heteroatoms. The second-order valence-electron chi connectivity index (χ2n) is 3.51. The highest BCUT2D eigenvalue weighted by atomic mass is 32.2. The summed E-state index contributed by atoms with van der Waals surface area (Å²) in [6.07, 6.45) is 0. The minimum absolute atomic E-state index is 0.279. The van der Waals surface area contributed by atoms with Crippen LogP contribution in [0.4, 0.5) is 0 Å². The van der Waals surface area contributed by atoms with E-state index < -0.39 is 10.0 Å². The first-order valence-electron chi connectivity index (χ1n) is 5.09. The van der Waals surface area contributed by atoms with Crippen LogP contribution in [-0.4, -0.2) is 39.7 Å². The molecule has 0 atom stereocenters. The summed E-state index contributed by atoms with van der Waals surface area (Å²) in [5, 5.41) is 1.66. The van der Waals surface area contributed by atoms with Crippen LogP contribution in [-0.2, 0) is 14.8 Å². The average Bonchev–Trinajstić information content (AvgIpc) is 2.31. The van der Waals surface area contributed by atoms with Crippen LogP contribution in [0, 0.1) is 0 Å². The van der Waals surface area contributed by atoms with E-state index in [4.69, 9.17) is 4.74 Å². The highest BCUT2D eigenvalue weighted by Crippen LogP contribution is 2.08. The largest absolute Gasteiger partial charge is 0.379 e. The molecule has 16 heavy (non-hydrogen) atoms. The number of sulfonamides is 1. The maximum atomic E-state index is 11.9. The maximum absolute atomic E-state index is 11.9. The van der Waals surface area contributed by atoms with Gasteiger partial charge in [0.05, 0.1) is 18.1 Å². The van der Waals surface area contributed by atoms with Crippen LogP contribution < -0.4 is 4.83 Å². The van der Waals surface area contributed by atoms with Crippen molar-refractivity contribution in [1.29, 1.82) is 0 Å². The van der Waals surface area contributed by atoms with Gasteiger partial charge in [-0.05, 0) is 12.1 Å². The zero-order chi connectivity index (χ0) is 11.4. The van der Waals surface area contributed by atoms with Gasteiger partial charge in [-0.1, -0.05) is 18.2 Å². The molecule has 1 aliphatic heterocycles. The number of rotatable bonds is 3. The van der Waals surface area contributed by atoms with Crippen molar-refractivity contribution < 1.29 is 13.2 Å². The number of nitrogens with zero attached hydrogens (tertiary/aromatic N) is 1. The lowest BCUT2D eigenvalue weighted by atomic mass is 10.4. The maximum Gasteiger partial charge on any atom is 0.253 e. The van der Waals surface area contributed by atoms with E-state index in [1.165, 1.54) is 0 Å². The van der Waals surface area contributed by atoms with Crippen molar-refractivity contribution in [2.45, 2.75) is 4.90 Å². The Morgan fingerprint density at radius 1 is 1.12 bits per heavy atom.